The minimum absolute atomic E-state index is 0.0292. The maximum absolute atomic E-state index is 12.6. The van der Waals surface area contributed by atoms with E-state index in [9.17, 15) is 13.2 Å². The Kier molecular flexibility index (Phi) is 6.41. The van der Waals surface area contributed by atoms with Crippen LogP contribution >= 0.6 is 0 Å². The molecule has 1 fully saturated rings. The van der Waals surface area contributed by atoms with Crippen LogP contribution in [0.4, 0.5) is 5.69 Å². The number of sulfonamides is 1. The lowest BCUT2D eigenvalue weighted by Gasteiger charge is -2.26. The van der Waals surface area contributed by atoms with Gasteiger partial charge in [0.2, 0.25) is 15.9 Å². The summed E-state index contributed by atoms with van der Waals surface area (Å²) in [5.74, 6) is 1.26. The molecule has 3 rings (SSSR count). The van der Waals surface area contributed by atoms with Gasteiger partial charge >= 0.3 is 0 Å². The first kappa shape index (κ1) is 21.1. The molecule has 1 atom stereocenters. The van der Waals surface area contributed by atoms with Gasteiger partial charge in [-0.2, -0.15) is 0 Å². The zero-order valence-electron chi connectivity index (χ0n) is 16.4. The van der Waals surface area contributed by atoms with Crippen LogP contribution in [0, 0.1) is 0 Å². The van der Waals surface area contributed by atoms with E-state index in [4.69, 9.17) is 14.6 Å². The van der Waals surface area contributed by atoms with Gasteiger partial charge in [0.15, 0.2) is 0 Å². The smallest absolute Gasteiger partial charge is 0.238 e. The van der Waals surface area contributed by atoms with Crippen LogP contribution in [-0.2, 0) is 14.8 Å². The quantitative estimate of drug-likeness (QED) is 0.711. The molecule has 8 nitrogen and oxygen atoms in total. The molecule has 156 valence electrons. The Morgan fingerprint density at radius 3 is 2.69 bits per heavy atom. The molecule has 29 heavy (non-hydrogen) atoms. The summed E-state index contributed by atoms with van der Waals surface area (Å²) in [4.78, 5) is 14.6. The maximum atomic E-state index is 12.6. The number of carbonyl (C=O) groups excluding carboxylic acids is 1. The van der Waals surface area contributed by atoms with Gasteiger partial charge in [0.25, 0.3) is 0 Å². The number of primary sulfonamides is 1. The fraction of sp³-hybridized carbons (Fsp3) is 0.350. The highest BCUT2D eigenvalue weighted by Gasteiger charge is 2.30. The van der Waals surface area contributed by atoms with Crippen molar-refractivity contribution in [2.24, 2.45) is 5.14 Å². The average Bonchev–Trinajstić information content (AvgIpc) is 3.14. The van der Waals surface area contributed by atoms with Crippen molar-refractivity contribution in [3.63, 3.8) is 0 Å². The highest BCUT2D eigenvalue weighted by molar-refractivity contribution is 7.89. The number of carbonyl (C=O) groups is 1. The van der Waals surface area contributed by atoms with Crippen molar-refractivity contribution >= 4 is 21.6 Å². The molecular formula is C20H25N3O5S. The van der Waals surface area contributed by atoms with E-state index in [2.05, 4.69) is 10.2 Å². The van der Waals surface area contributed by atoms with Gasteiger partial charge in [0.05, 0.1) is 25.7 Å². The number of nitrogens with zero attached hydrogens (tertiary/aromatic N) is 1. The Morgan fingerprint density at radius 1 is 1.21 bits per heavy atom. The predicted octanol–water partition coefficient (Wildman–Crippen LogP) is 2.13. The highest BCUT2D eigenvalue weighted by Crippen LogP contribution is 2.38. The van der Waals surface area contributed by atoms with E-state index in [-0.39, 0.29) is 23.4 Å². The normalized spacial score (nSPS) is 17.1. The van der Waals surface area contributed by atoms with Crippen LogP contribution in [0.1, 0.15) is 24.4 Å². The molecule has 0 spiro atoms. The number of methoxy groups -OCH3 is 2. The first-order valence-corrected chi connectivity index (χ1v) is 10.7. The third kappa shape index (κ3) is 5.06. The largest absolute Gasteiger partial charge is 0.497 e. The zero-order chi connectivity index (χ0) is 21.0. The van der Waals surface area contributed by atoms with Crippen LogP contribution in [0.25, 0.3) is 0 Å². The Labute approximate surface area is 170 Å². The van der Waals surface area contributed by atoms with E-state index < -0.39 is 10.0 Å². The first-order valence-electron chi connectivity index (χ1n) is 9.20. The summed E-state index contributed by atoms with van der Waals surface area (Å²) in [5.41, 5.74) is 1.37. The summed E-state index contributed by atoms with van der Waals surface area (Å²) < 4.78 is 33.8. The zero-order valence-corrected chi connectivity index (χ0v) is 17.2. The van der Waals surface area contributed by atoms with Crippen LogP contribution in [0.15, 0.2) is 47.4 Å². The lowest BCUT2D eigenvalue weighted by Crippen LogP contribution is -2.33. The molecule has 1 amide bonds. The minimum Gasteiger partial charge on any atom is -0.497 e. The van der Waals surface area contributed by atoms with E-state index in [1.54, 1.807) is 20.3 Å². The summed E-state index contributed by atoms with van der Waals surface area (Å²) in [7, 11) is -0.597. The summed E-state index contributed by atoms with van der Waals surface area (Å²) in [6, 6.07) is 11.6. The number of ether oxygens (including phenoxy) is 2. The van der Waals surface area contributed by atoms with Gasteiger partial charge in [-0.3, -0.25) is 9.69 Å². The molecule has 1 saturated heterocycles. The van der Waals surface area contributed by atoms with Crippen LogP contribution < -0.4 is 19.9 Å². The highest BCUT2D eigenvalue weighted by atomic mass is 32.2. The maximum Gasteiger partial charge on any atom is 0.238 e. The van der Waals surface area contributed by atoms with E-state index in [1.807, 2.05) is 18.2 Å². The van der Waals surface area contributed by atoms with E-state index in [1.165, 1.54) is 18.2 Å². The average molecular weight is 420 g/mol. The molecule has 0 bridgehead atoms. The number of nitrogens with two attached hydrogens (primary N) is 1. The first-order chi connectivity index (χ1) is 13.8. The molecular weight excluding hydrogens is 394 g/mol. The number of amides is 1. The fourth-order valence-electron chi connectivity index (χ4n) is 3.60. The van der Waals surface area contributed by atoms with Gasteiger partial charge < -0.3 is 14.8 Å². The van der Waals surface area contributed by atoms with Crippen LogP contribution in [0.5, 0.6) is 11.5 Å². The van der Waals surface area contributed by atoms with Crippen LogP contribution in [0.2, 0.25) is 0 Å². The van der Waals surface area contributed by atoms with Gasteiger partial charge in [0.1, 0.15) is 11.5 Å². The molecule has 1 unspecified atom stereocenters. The lowest BCUT2D eigenvalue weighted by molar-refractivity contribution is -0.117. The molecule has 1 aliphatic heterocycles. The number of hydrogen-bond donors (Lipinski definition) is 2. The lowest BCUT2D eigenvalue weighted by atomic mass is 10.0. The van der Waals surface area contributed by atoms with E-state index in [0.29, 0.717) is 5.69 Å². The monoisotopic (exact) mass is 419 g/mol. The Morgan fingerprint density at radius 2 is 2.00 bits per heavy atom. The summed E-state index contributed by atoms with van der Waals surface area (Å²) in [5, 5.41) is 7.90. The number of nitrogens with one attached hydrogen (secondary N) is 1. The second-order valence-corrected chi connectivity index (χ2v) is 8.42. The van der Waals surface area contributed by atoms with Gasteiger partial charge in [-0.25, -0.2) is 13.6 Å². The Bertz CT molecular complexity index is 993. The molecule has 0 aliphatic carbocycles. The second kappa shape index (κ2) is 8.81. The van der Waals surface area contributed by atoms with Crippen molar-refractivity contribution in [3.8, 4) is 11.5 Å². The number of likely N-dealkylation sites (tertiary alicyclic amines) is 1. The fourth-order valence-corrected chi connectivity index (χ4v) is 4.16. The van der Waals surface area contributed by atoms with Crippen molar-refractivity contribution in [1.82, 2.24) is 4.90 Å². The van der Waals surface area contributed by atoms with Crippen molar-refractivity contribution < 1.29 is 22.7 Å². The number of rotatable bonds is 7. The molecule has 2 aromatic carbocycles. The van der Waals surface area contributed by atoms with Crippen molar-refractivity contribution in [1.29, 1.82) is 0 Å². The molecule has 3 N–H and O–H groups in total. The SMILES string of the molecule is COc1ccc(OC)c(C2CCCN2CC(=O)Nc2cccc(S(N)(=O)=O)c2)c1. The van der Waals surface area contributed by atoms with E-state index >= 15 is 0 Å². The predicted molar refractivity (Wildman–Crippen MR) is 110 cm³/mol. The summed E-state index contributed by atoms with van der Waals surface area (Å²) >= 11 is 0. The molecule has 0 saturated carbocycles. The Hall–Kier alpha value is -2.62. The number of anilines is 1. The number of benzene rings is 2. The molecule has 0 radical (unpaired) electrons. The van der Waals surface area contributed by atoms with Gasteiger partial charge in [-0.05, 0) is 55.8 Å². The standard InChI is InChI=1S/C20H25N3O5S/c1-27-15-8-9-19(28-2)17(12-15)18-7-4-10-23(18)13-20(24)22-14-5-3-6-16(11-14)29(21,25)26/h3,5-6,8-9,11-12,18H,4,7,10,13H2,1-2H3,(H,22,24)(H2,21,25,26). The van der Waals surface area contributed by atoms with Gasteiger partial charge in [0, 0.05) is 17.3 Å². The molecule has 2 aromatic rings. The minimum atomic E-state index is -3.83. The molecule has 9 heteroatoms. The summed E-state index contributed by atoms with van der Waals surface area (Å²) in [6.45, 7) is 0.945. The third-order valence-electron chi connectivity index (χ3n) is 4.95. The van der Waals surface area contributed by atoms with Crippen LogP contribution in [-0.4, -0.2) is 46.5 Å². The topological polar surface area (TPSA) is 111 Å². The van der Waals surface area contributed by atoms with E-state index in [0.717, 1.165) is 36.4 Å². The van der Waals surface area contributed by atoms with Crippen molar-refractivity contribution in [2.45, 2.75) is 23.8 Å². The van der Waals surface area contributed by atoms with Gasteiger partial charge in [-0.15, -0.1) is 0 Å². The van der Waals surface area contributed by atoms with Crippen molar-refractivity contribution in [2.75, 3.05) is 32.6 Å². The third-order valence-corrected chi connectivity index (χ3v) is 5.86. The second-order valence-electron chi connectivity index (χ2n) is 6.86. The molecule has 1 aliphatic rings. The van der Waals surface area contributed by atoms with Gasteiger partial charge in [-0.1, -0.05) is 6.07 Å². The molecule has 1 heterocycles. The Balaban J connectivity index is 1.74. The molecule has 0 aromatic heterocycles. The summed E-state index contributed by atoms with van der Waals surface area (Å²) in [6.07, 6.45) is 1.86. The van der Waals surface area contributed by atoms with Crippen LogP contribution in [0.3, 0.4) is 0 Å². The van der Waals surface area contributed by atoms with Crippen molar-refractivity contribution in [3.05, 3.63) is 48.0 Å². The number of hydrogen-bond acceptors (Lipinski definition) is 6.